The molecule has 0 aliphatic heterocycles. The monoisotopic (exact) mass is 296 g/mol. The zero-order chi connectivity index (χ0) is 14.2. The molecule has 0 aliphatic carbocycles. The number of rotatable bonds is 2. The number of thiazole rings is 1. The normalized spacial score (nSPS) is 11.8. The van der Waals surface area contributed by atoms with Crippen LogP contribution in [0.25, 0.3) is 22.0 Å². The van der Waals surface area contributed by atoms with Gasteiger partial charge in [-0.15, -0.1) is 11.3 Å². The Balaban J connectivity index is 2.19. The van der Waals surface area contributed by atoms with Gasteiger partial charge in [-0.05, 0) is 6.07 Å². The van der Waals surface area contributed by atoms with E-state index < -0.39 is 11.7 Å². The van der Waals surface area contributed by atoms with Gasteiger partial charge in [0, 0.05) is 5.56 Å². The lowest BCUT2D eigenvalue weighted by molar-refractivity contribution is -0.137. The minimum atomic E-state index is -4.43. The van der Waals surface area contributed by atoms with E-state index in [9.17, 15) is 13.2 Å². The zero-order valence-electron chi connectivity index (χ0n) is 9.85. The number of halogens is 3. The van der Waals surface area contributed by atoms with Crippen LogP contribution >= 0.6 is 11.3 Å². The molecule has 0 unspecified atom stereocenters. The number of alkyl halides is 3. The number of benzene rings is 1. The van der Waals surface area contributed by atoms with Crippen molar-refractivity contribution in [3.05, 3.63) is 41.7 Å². The fraction of sp³-hybridized carbons (Fsp3) is 0.0833. The molecule has 102 valence electrons. The van der Waals surface area contributed by atoms with Gasteiger partial charge in [0.15, 0.2) is 5.82 Å². The number of aromatic nitrogens is 4. The van der Waals surface area contributed by atoms with Crippen molar-refractivity contribution in [1.82, 2.24) is 20.2 Å². The molecule has 0 bridgehead atoms. The lowest BCUT2D eigenvalue weighted by Gasteiger charge is -2.11. The third kappa shape index (κ3) is 2.18. The minimum absolute atomic E-state index is 0.0349. The Morgan fingerprint density at radius 2 is 1.90 bits per heavy atom. The molecule has 8 heteroatoms. The number of H-pyrrole nitrogens is 1. The average molecular weight is 296 g/mol. The molecule has 0 saturated heterocycles. The highest BCUT2D eigenvalue weighted by Crippen LogP contribution is 2.40. The molecular formula is C12H7F3N4S. The van der Waals surface area contributed by atoms with Crippen molar-refractivity contribution in [3.63, 3.8) is 0 Å². The summed E-state index contributed by atoms with van der Waals surface area (Å²) >= 11 is 1.21. The van der Waals surface area contributed by atoms with Gasteiger partial charge in [0.2, 0.25) is 0 Å². The van der Waals surface area contributed by atoms with E-state index in [1.165, 1.54) is 35.3 Å². The molecule has 1 aromatic carbocycles. The molecule has 1 N–H and O–H groups in total. The summed E-state index contributed by atoms with van der Waals surface area (Å²) in [6.07, 6.45) is -3.13. The standard InChI is InChI=1S/C12H7F3N4S/c13-12(14,15)8-4-2-1-3-7(8)9-10(20-6-17-9)11-16-5-18-19-11/h1-6H,(H,16,18,19). The number of aromatic amines is 1. The van der Waals surface area contributed by atoms with Crippen molar-refractivity contribution >= 4 is 11.3 Å². The van der Waals surface area contributed by atoms with Crippen LogP contribution in [0.1, 0.15) is 5.56 Å². The molecule has 0 fully saturated rings. The molecule has 0 saturated carbocycles. The molecule has 3 rings (SSSR count). The molecule has 3 aromatic rings. The maximum absolute atomic E-state index is 13.1. The SMILES string of the molecule is FC(F)(F)c1ccccc1-c1ncsc1-c1ncn[nH]1. The second kappa shape index (κ2) is 4.71. The Labute approximate surface area is 115 Å². The van der Waals surface area contributed by atoms with Crippen LogP contribution in [0.5, 0.6) is 0 Å². The highest BCUT2D eigenvalue weighted by atomic mass is 32.1. The fourth-order valence-corrected chi connectivity index (χ4v) is 2.61. The fourth-order valence-electron chi connectivity index (χ4n) is 1.86. The quantitative estimate of drug-likeness (QED) is 0.786. The van der Waals surface area contributed by atoms with Crippen LogP contribution < -0.4 is 0 Å². The summed E-state index contributed by atoms with van der Waals surface area (Å²) in [5, 5.41) is 6.34. The summed E-state index contributed by atoms with van der Waals surface area (Å²) in [4.78, 5) is 8.53. The van der Waals surface area contributed by atoms with Gasteiger partial charge in [0.25, 0.3) is 0 Å². The summed E-state index contributed by atoms with van der Waals surface area (Å²) in [5.74, 6) is 0.402. The van der Waals surface area contributed by atoms with Gasteiger partial charge < -0.3 is 0 Å². The second-order valence-corrected chi connectivity index (χ2v) is 4.76. The molecular weight excluding hydrogens is 289 g/mol. The van der Waals surface area contributed by atoms with Crippen molar-refractivity contribution < 1.29 is 13.2 Å². The molecule has 0 radical (unpaired) electrons. The zero-order valence-corrected chi connectivity index (χ0v) is 10.7. The van der Waals surface area contributed by atoms with Gasteiger partial charge in [-0.1, -0.05) is 18.2 Å². The summed E-state index contributed by atoms with van der Waals surface area (Å²) in [7, 11) is 0. The Bertz CT molecular complexity index is 718. The van der Waals surface area contributed by atoms with E-state index in [0.29, 0.717) is 10.7 Å². The predicted molar refractivity (Wildman–Crippen MR) is 67.9 cm³/mol. The first-order valence-corrected chi connectivity index (χ1v) is 6.41. The molecule has 2 heterocycles. The molecule has 0 amide bonds. The molecule has 0 atom stereocenters. The van der Waals surface area contributed by atoms with Crippen LogP contribution in [0.3, 0.4) is 0 Å². The Kier molecular flexibility index (Phi) is 3.01. The van der Waals surface area contributed by atoms with E-state index in [0.717, 1.165) is 6.07 Å². The summed E-state index contributed by atoms with van der Waals surface area (Å²) < 4.78 is 39.2. The maximum atomic E-state index is 13.1. The summed E-state index contributed by atoms with van der Waals surface area (Å²) in [6.45, 7) is 0. The molecule has 20 heavy (non-hydrogen) atoms. The highest BCUT2D eigenvalue weighted by Gasteiger charge is 2.34. The van der Waals surface area contributed by atoms with Crippen molar-refractivity contribution in [2.24, 2.45) is 0 Å². The first-order valence-electron chi connectivity index (χ1n) is 5.53. The Morgan fingerprint density at radius 3 is 2.60 bits per heavy atom. The Hall–Kier alpha value is -2.22. The number of hydrogen-bond donors (Lipinski definition) is 1. The van der Waals surface area contributed by atoms with Crippen molar-refractivity contribution in [2.75, 3.05) is 0 Å². The number of nitrogens with zero attached hydrogens (tertiary/aromatic N) is 3. The lowest BCUT2D eigenvalue weighted by atomic mass is 10.0. The summed E-state index contributed by atoms with van der Waals surface area (Å²) in [5.41, 5.74) is 1.05. The van der Waals surface area contributed by atoms with E-state index in [4.69, 9.17) is 0 Å². The number of hydrogen-bond acceptors (Lipinski definition) is 4. The molecule has 0 aliphatic rings. The van der Waals surface area contributed by atoms with E-state index >= 15 is 0 Å². The molecule has 4 nitrogen and oxygen atoms in total. The van der Waals surface area contributed by atoms with Gasteiger partial charge in [-0.3, -0.25) is 5.10 Å². The van der Waals surface area contributed by atoms with Crippen LogP contribution in [0.4, 0.5) is 13.2 Å². The highest BCUT2D eigenvalue weighted by molar-refractivity contribution is 7.13. The third-order valence-electron chi connectivity index (χ3n) is 2.69. The lowest BCUT2D eigenvalue weighted by Crippen LogP contribution is -2.07. The molecule has 0 spiro atoms. The van der Waals surface area contributed by atoms with Crippen LogP contribution in [0, 0.1) is 0 Å². The van der Waals surface area contributed by atoms with Gasteiger partial charge in [0.05, 0.1) is 21.6 Å². The van der Waals surface area contributed by atoms with Gasteiger partial charge in [-0.2, -0.15) is 18.3 Å². The van der Waals surface area contributed by atoms with Gasteiger partial charge in [0.1, 0.15) is 6.33 Å². The smallest absolute Gasteiger partial charge is 0.259 e. The number of nitrogens with one attached hydrogen (secondary N) is 1. The minimum Gasteiger partial charge on any atom is -0.259 e. The van der Waals surface area contributed by atoms with E-state index in [-0.39, 0.29) is 11.3 Å². The van der Waals surface area contributed by atoms with Crippen LogP contribution in [-0.4, -0.2) is 20.2 Å². The Morgan fingerprint density at radius 1 is 1.10 bits per heavy atom. The van der Waals surface area contributed by atoms with Crippen molar-refractivity contribution in [1.29, 1.82) is 0 Å². The van der Waals surface area contributed by atoms with Crippen LogP contribution in [-0.2, 0) is 6.18 Å². The summed E-state index contributed by atoms with van der Waals surface area (Å²) in [6, 6.07) is 5.34. The first kappa shape index (κ1) is 12.8. The van der Waals surface area contributed by atoms with Crippen LogP contribution in [0.15, 0.2) is 36.1 Å². The predicted octanol–water partition coefficient (Wildman–Crippen LogP) is 3.61. The van der Waals surface area contributed by atoms with Crippen molar-refractivity contribution in [2.45, 2.75) is 6.18 Å². The van der Waals surface area contributed by atoms with Gasteiger partial charge in [-0.25, -0.2) is 9.97 Å². The maximum Gasteiger partial charge on any atom is 0.417 e. The van der Waals surface area contributed by atoms with Crippen molar-refractivity contribution in [3.8, 4) is 22.0 Å². The first-order chi connectivity index (χ1) is 9.57. The third-order valence-corrected chi connectivity index (χ3v) is 3.52. The van der Waals surface area contributed by atoms with Crippen LogP contribution in [0.2, 0.25) is 0 Å². The van der Waals surface area contributed by atoms with E-state index in [1.807, 2.05) is 0 Å². The second-order valence-electron chi connectivity index (χ2n) is 3.91. The largest absolute Gasteiger partial charge is 0.417 e. The van der Waals surface area contributed by atoms with E-state index in [2.05, 4.69) is 20.2 Å². The van der Waals surface area contributed by atoms with Gasteiger partial charge >= 0.3 is 6.18 Å². The van der Waals surface area contributed by atoms with E-state index in [1.54, 1.807) is 6.07 Å². The topological polar surface area (TPSA) is 54.5 Å². The molecule has 2 aromatic heterocycles. The average Bonchev–Trinajstić information content (AvgIpc) is 3.08.